The van der Waals surface area contributed by atoms with Crippen LogP contribution in [0.1, 0.15) is 37.7 Å². The molecule has 26 heavy (non-hydrogen) atoms. The summed E-state index contributed by atoms with van der Waals surface area (Å²) in [7, 11) is 1.82. The number of morpholine rings is 1. The molecule has 142 valence electrons. The Balaban J connectivity index is 1.49. The Morgan fingerprint density at radius 2 is 2.15 bits per heavy atom. The van der Waals surface area contributed by atoms with Crippen LogP contribution in [0.4, 0.5) is 5.82 Å². The molecule has 1 aromatic rings. The minimum atomic E-state index is 0.711. The molecule has 0 aromatic carbocycles. The van der Waals surface area contributed by atoms with E-state index in [1.807, 2.05) is 19.3 Å². The molecule has 2 aliphatic rings. The summed E-state index contributed by atoms with van der Waals surface area (Å²) >= 11 is 0. The largest absolute Gasteiger partial charge is 0.378 e. The van der Waals surface area contributed by atoms with E-state index in [1.165, 1.54) is 31.2 Å². The maximum Gasteiger partial charge on any atom is 0.191 e. The van der Waals surface area contributed by atoms with E-state index in [1.54, 1.807) is 5.57 Å². The fourth-order valence-corrected chi connectivity index (χ4v) is 3.50. The van der Waals surface area contributed by atoms with E-state index in [0.29, 0.717) is 6.54 Å². The van der Waals surface area contributed by atoms with E-state index >= 15 is 0 Å². The highest BCUT2D eigenvalue weighted by Gasteiger charge is 2.15. The average molecular weight is 358 g/mol. The Hall–Kier alpha value is -2.08. The van der Waals surface area contributed by atoms with Crippen molar-refractivity contribution < 1.29 is 4.74 Å². The predicted molar refractivity (Wildman–Crippen MR) is 107 cm³/mol. The number of hydrogen-bond acceptors (Lipinski definition) is 4. The van der Waals surface area contributed by atoms with Gasteiger partial charge in [0.15, 0.2) is 5.96 Å². The lowest BCUT2D eigenvalue weighted by molar-refractivity contribution is 0.122. The highest BCUT2D eigenvalue weighted by Crippen LogP contribution is 2.20. The number of ether oxygens (including phenoxy) is 1. The van der Waals surface area contributed by atoms with Gasteiger partial charge >= 0.3 is 0 Å². The summed E-state index contributed by atoms with van der Waals surface area (Å²) in [5.41, 5.74) is 2.77. The average Bonchev–Trinajstić information content (AvgIpc) is 2.72. The van der Waals surface area contributed by atoms with Crippen molar-refractivity contribution in [3.8, 4) is 0 Å². The standard InChI is InChI=1S/C20H31N5O/c1-21-20(23-11-9-17-6-3-2-4-7-17)24-16-18-8-5-10-22-19(18)25-12-14-26-15-13-25/h5-6,8,10H,2-4,7,9,11-16H2,1H3,(H2,21,23,24). The second kappa shape index (κ2) is 10.2. The summed E-state index contributed by atoms with van der Waals surface area (Å²) in [5.74, 6) is 1.89. The summed E-state index contributed by atoms with van der Waals surface area (Å²) in [6.45, 7) is 4.96. The van der Waals surface area contributed by atoms with Crippen LogP contribution in [0.2, 0.25) is 0 Å². The Bertz CT molecular complexity index is 622. The lowest BCUT2D eigenvalue weighted by Crippen LogP contribution is -2.39. The van der Waals surface area contributed by atoms with Crippen molar-refractivity contribution in [2.45, 2.75) is 38.6 Å². The van der Waals surface area contributed by atoms with Crippen molar-refractivity contribution in [2.75, 3.05) is 44.8 Å². The van der Waals surface area contributed by atoms with E-state index in [0.717, 1.165) is 51.0 Å². The Morgan fingerprint density at radius 1 is 1.27 bits per heavy atom. The first-order valence-corrected chi connectivity index (χ1v) is 9.76. The van der Waals surface area contributed by atoms with Crippen LogP contribution in [0.25, 0.3) is 0 Å². The van der Waals surface area contributed by atoms with E-state index in [9.17, 15) is 0 Å². The van der Waals surface area contributed by atoms with Crippen LogP contribution in [0, 0.1) is 0 Å². The molecular formula is C20H31N5O. The summed E-state index contributed by atoms with van der Waals surface area (Å²) in [4.78, 5) is 11.2. The smallest absolute Gasteiger partial charge is 0.191 e. The molecule has 1 aromatic heterocycles. The van der Waals surface area contributed by atoms with Crippen LogP contribution < -0.4 is 15.5 Å². The Labute approximate surface area is 156 Å². The van der Waals surface area contributed by atoms with Crippen LogP contribution in [0.15, 0.2) is 35.0 Å². The Kier molecular flexibility index (Phi) is 7.31. The zero-order valence-corrected chi connectivity index (χ0v) is 15.8. The number of rotatable bonds is 6. The van der Waals surface area contributed by atoms with Gasteiger partial charge in [-0.3, -0.25) is 4.99 Å². The SMILES string of the molecule is CN=C(NCCC1=CCCCC1)NCc1cccnc1N1CCOCC1. The van der Waals surface area contributed by atoms with Crippen molar-refractivity contribution in [2.24, 2.45) is 4.99 Å². The molecule has 0 amide bonds. The third-order valence-electron chi connectivity index (χ3n) is 4.97. The van der Waals surface area contributed by atoms with Crippen LogP contribution >= 0.6 is 0 Å². The molecule has 2 N–H and O–H groups in total. The summed E-state index contributed by atoms with van der Waals surface area (Å²) < 4.78 is 5.45. The number of guanidine groups is 1. The van der Waals surface area contributed by atoms with E-state index in [-0.39, 0.29) is 0 Å². The lowest BCUT2D eigenvalue weighted by atomic mass is 9.97. The van der Waals surface area contributed by atoms with Crippen molar-refractivity contribution in [1.29, 1.82) is 0 Å². The first-order chi connectivity index (χ1) is 12.9. The van der Waals surface area contributed by atoms with Gasteiger partial charge in [0.05, 0.1) is 13.2 Å². The summed E-state index contributed by atoms with van der Waals surface area (Å²) in [5, 5.41) is 6.85. The monoisotopic (exact) mass is 357 g/mol. The molecular weight excluding hydrogens is 326 g/mol. The van der Waals surface area contributed by atoms with Crippen LogP contribution in [-0.4, -0.2) is 50.8 Å². The highest BCUT2D eigenvalue weighted by atomic mass is 16.5. The summed E-state index contributed by atoms with van der Waals surface area (Å²) in [6.07, 6.45) is 10.6. The third kappa shape index (κ3) is 5.46. The Morgan fingerprint density at radius 3 is 2.92 bits per heavy atom. The van der Waals surface area contributed by atoms with Gasteiger partial charge in [-0.2, -0.15) is 0 Å². The fourth-order valence-electron chi connectivity index (χ4n) is 3.50. The maximum absolute atomic E-state index is 5.45. The number of pyridine rings is 1. The zero-order chi connectivity index (χ0) is 18.0. The number of allylic oxidation sites excluding steroid dienone is 1. The number of aliphatic imine (C=N–C) groups is 1. The molecule has 1 fully saturated rings. The van der Waals surface area contributed by atoms with Gasteiger partial charge in [0, 0.05) is 45.0 Å². The quantitative estimate of drug-likeness (QED) is 0.465. The van der Waals surface area contributed by atoms with Crippen LogP contribution in [-0.2, 0) is 11.3 Å². The normalized spacial score (nSPS) is 18.4. The third-order valence-corrected chi connectivity index (χ3v) is 4.97. The van der Waals surface area contributed by atoms with E-state index in [4.69, 9.17) is 4.74 Å². The molecule has 0 spiro atoms. The van der Waals surface area contributed by atoms with Gasteiger partial charge in [0.2, 0.25) is 0 Å². The number of nitrogens with one attached hydrogen (secondary N) is 2. The minimum absolute atomic E-state index is 0.711. The fraction of sp³-hybridized carbons (Fsp3) is 0.600. The van der Waals surface area contributed by atoms with Gasteiger partial charge < -0.3 is 20.3 Å². The van der Waals surface area contributed by atoms with Crippen LogP contribution in [0.5, 0.6) is 0 Å². The number of nitrogens with zero attached hydrogens (tertiary/aromatic N) is 3. The molecule has 6 heteroatoms. The van der Waals surface area contributed by atoms with Crippen molar-refractivity contribution in [3.05, 3.63) is 35.5 Å². The van der Waals surface area contributed by atoms with Gasteiger partial charge in [-0.1, -0.05) is 17.7 Å². The molecule has 1 saturated heterocycles. The summed E-state index contributed by atoms with van der Waals surface area (Å²) in [6, 6.07) is 4.12. The van der Waals surface area contributed by atoms with Crippen molar-refractivity contribution in [3.63, 3.8) is 0 Å². The second-order valence-electron chi connectivity index (χ2n) is 6.80. The van der Waals surface area contributed by atoms with E-state index < -0.39 is 0 Å². The molecule has 6 nitrogen and oxygen atoms in total. The molecule has 0 saturated carbocycles. The first kappa shape index (κ1) is 18.7. The molecule has 0 bridgehead atoms. The van der Waals surface area contributed by atoms with Crippen molar-refractivity contribution >= 4 is 11.8 Å². The number of aromatic nitrogens is 1. The molecule has 3 rings (SSSR count). The lowest BCUT2D eigenvalue weighted by Gasteiger charge is -2.29. The van der Waals surface area contributed by atoms with Crippen molar-refractivity contribution in [1.82, 2.24) is 15.6 Å². The maximum atomic E-state index is 5.45. The van der Waals surface area contributed by atoms with Gasteiger partial charge in [0.25, 0.3) is 0 Å². The molecule has 0 radical (unpaired) electrons. The number of hydrogen-bond donors (Lipinski definition) is 2. The van der Waals surface area contributed by atoms with Gasteiger partial charge in [0.1, 0.15) is 5.82 Å². The second-order valence-corrected chi connectivity index (χ2v) is 6.80. The zero-order valence-electron chi connectivity index (χ0n) is 15.8. The van der Waals surface area contributed by atoms with Crippen LogP contribution in [0.3, 0.4) is 0 Å². The molecule has 2 heterocycles. The molecule has 0 unspecified atom stereocenters. The topological polar surface area (TPSA) is 61.8 Å². The van der Waals surface area contributed by atoms with Gasteiger partial charge in [-0.05, 0) is 38.2 Å². The van der Waals surface area contributed by atoms with Gasteiger partial charge in [-0.25, -0.2) is 4.98 Å². The first-order valence-electron chi connectivity index (χ1n) is 9.76. The highest BCUT2D eigenvalue weighted by molar-refractivity contribution is 5.79. The van der Waals surface area contributed by atoms with E-state index in [2.05, 4.69) is 37.7 Å². The molecule has 0 atom stereocenters. The number of anilines is 1. The minimum Gasteiger partial charge on any atom is -0.378 e. The predicted octanol–water partition coefficient (Wildman–Crippen LogP) is 2.47. The molecule has 1 aliphatic carbocycles. The van der Waals surface area contributed by atoms with Gasteiger partial charge in [-0.15, -0.1) is 0 Å². The molecule has 1 aliphatic heterocycles.